The van der Waals surface area contributed by atoms with Crippen molar-refractivity contribution in [3.63, 3.8) is 0 Å². The Hall–Kier alpha value is -1.29. The molecule has 0 spiro atoms. The molecule has 47 heavy (non-hydrogen) atoms. The fraction of sp³-hybridized carbons (Fsp3) is 0.962. The van der Waals surface area contributed by atoms with Crippen molar-refractivity contribution < 1.29 is 99.2 Å². The molecule has 0 unspecified atom stereocenters. The maximum atomic E-state index is 11.9. The molecule has 20 atom stereocenters. The van der Waals surface area contributed by atoms with Gasteiger partial charge in [-0.25, -0.2) is 0 Å². The normalized spacial score (nSPS) is 51.0. The van der Waals surface area contributed by atoms with Crippen LogP contribution < -0.4 is 5.32 Å². The number of rotatable bonds is 10. The summed E-state index contributed by atoms with van der Waals surface area (Å²) in [6.07, 6.45) is -32.5. The lowest BCUT2D eigenvalue weighted by atomic mass is 9.95. The highest BCUT2D eigenvalue weighted by molar-refractivity contribution is 5.73. The Bertz CT molecular complexity index is 1010. The quantitative estimate of drug-likeness (QED) is 0.101. The molecule has 21 nitrogen and oxygen atoms in total. The molecule has 4 fully saturated rings. The average molecular weight is 692 g/mol. The van der Waals surface area contributed by atoms with Crippen LogP contribution in [0, 0.1) is 0 Å². The van der Waals surface area contributed by atoms with Crippen LogP contribution in [0.15, 0.2) is 0 Å². The summed E-state index contributed by atoms with van der Waals surface area (Å²) in [6, 6.07) is -1.48. The van der Waals surface area contributed by atoms with Gasteiger partial charge < -0.3 is 99.8 Å². The summed E-state index contributed by atoms with van der Waals surface area (Å²) in [5.41, 5.74) is 0. The Labute approximate surface area is 267 Å². The van der Waals surface area contributed by atoms with E-state index in [0.29, 0.717) is 0 Å². The number of carbonyl (C=O) groups excluding carboxylic acids is 1. The Balaban J connectivity index is 1.59. The maximum Gasteiger partial charge on any atom is 0.217 e. The number of nitrogens with one attached hydrogen (secondary N) is 1. The molecule has 13 N–H and O–H groups in total. The largest absolute Gasteiger partial charge is 0.394 e. The van der Waals surface area contributed by atoms with E-state index in [1.807, 2.05) is 0 Å². The zero-order valence-electron chi connectivity index (χ0n) is 25.3. The number of hydrogen-bond acceptors (Lipinski definition) is 20. The van der Waals surface area contributed by atoms with E-state index in [-0.39, 0.29) is 0 Å². The number of hydrogen-bond donors (Lipinski definition) is 13. The van der Waals surface area contributed by atoms with Crippen molar-refractivity contribution in [2.75, 3.05) is 19.8 Å². The van der Waals surface area contributed by atoms with Crippen LogP contribution >= 0.6 is 0 Å². The first-order valence-electron chi connectivity index (χ1n) is 15.0. The lowest BCUT2D eigenvalue weighted by molar-refractivity contribution is -0.389. The Morgan fingerprint density at radius 3 is 1.68 bits per heavy atom. The number of carbonyl (C=O) groups is 1. The highest BCUT2D eigenvalue weighted by atomic mass is 16.8. The van der Waals surface area contributed by atoms with Crippen LogP contribution in [0.25, 0.3) is 0 Å². The average Bonchev–Trinajstić information content (AvgIpc) is 3.03. The first-order valence-corrected chi connectivity index (χ1v) is 15.0. The third-order valence-corrected chi connectivity index (χ3v) is 8.57. The molecule has 274 valence electrons. The van der Waals surface area contributed by atoms with Crippen molar-refractivity contribution in [3.05, 3.63) is 0 Å². The second kappa shape index (κ2) is 16.2. The van der Waals surface area contributed by atoms with E-state index in [0.717, 1.165) is 6.92 Å². The molecule has 0 bridgehead atoms. The molecule has 4 rings (SSSR count). The zero-order chi connectivity index (χ0) is 34.9. The van der Waals surface area contributed by atoms with Crippen molar-refractivity contribution in [1.82, 2.24) is 5.32 Å². The molecule has 0 aromatic carbocycles. The minimum atomic E-state index is -2.00. The molecular formula is C26H45NO20. The van der Waals surface area contributed by atoms with Crippen LogP contribution in [0.5, 0.6) is 0 Å². The van der Waals surface area contributed by atoms with Gasteiger partial charge in [-0.3, -0.25) is 4.79 Å². The number of aliphatic hydroxyl groups excluding tert-OH is 12. The number of amides is 1. The van der Waals surface area contributed by atoms with Gasteiger partial charge in [0, 0.05) is 6.92 Å². The van der Waals surface area contributed by atoms with Gasteiger partial charge in [-0.1, -0.05) is 0 Å². The van der Waals surface area contributed by atoms with E-state index in [4.69, 9.17) is 33.2 Å². The van der Waals surface area contributed by atoms with Crippen molar-refractivity contribution in [1.29, 1.82) is 0 Å². The molecule has 4 aliphatic heterocycles. The van der Waals surface area contributed by atoms with Gasteiger partial charge in [0.15, 0.2) is 25.2 Å². The second-order valence-electron chi connectivity index (χ2n) is 11.9. The molecule has 0 saturated carbocycles. The van der Waals surface area contributed by atoms with Gasteiger partial charge in [-0.2, -0.15) is 0 Å². The fourth-order valence-electron chi connectivity index (χ4n) is 5.87. The summed E-state index contributed by atoms with van der Waals surface area (Å²) < 4.78 is 39.0. The SMILES string of the molecule is CC(=O)N[C@H]1[C@@H](O[C@@H]2[C@H](O[C@@H]3[C@H](O)[C@H](O[C@H]4[C@H](O)[C@@H](O)[C@H](O)O[C@@H]4CO)O[C@H](CO)[C@H]3O)O[C@@H](C)[C@@H](O)[C@H]2O)O[C@H](CO)[C@@H](O)[C@@H]1O. The van der Waals surface area contributed by atoms with Crippen molar-refractivity contribution in [2.45, 2.75) is 137 Å². The predicted molar refractivity (Wildman–Crippen MR) is 144 cm³/mol. The van der Waals surface area contributed by atoms with Crippen molar-refractivity contribution >= 4 is 5.91 Å². The highest BCUT2D eigenvalue weighted by Crippen LogP contribution is 2.34. The second-order valence-corrected chi connectivity index (χ2v) is 11.9. The van der Waals surface area contributed by atoms with Crippen LogP contribution in [0.3, 0.4) is 0 Å². The van der Waals surface area contributed by atoms with E-state index in [9.17, 15) is 66.1 Å². The molecule has 0 aromatic rings. The first kappa shape index (κ1) is 38.5. The van der Waals surface area contributed by atoms with Gasteiger partial charge >= 0.3 is 0 Å². The van der Waals surface area contributed by atoms with Gasteiger partial charge in [0.2, 0.25) is 5.91 Å². The lowest BCUT2D eigenvalue weighted by Crippen LogP contribution is -2.68. The minimum absolute atomic E-state index is 0.684. The van der Waals surface area contributed by atoms with Crippen LogP contribution in [-0.2, 0) is 38.0 Å². The van der Waals surface area contributed by atoms with Crippen LogP contribution in [0.2, 0.25) is 0 Å². The van der Waals surface area contributed by atoms with Crippen LogP contribution in [-0.4, -0.2) is 210 Å². The monoisotopic (exact) mass is 691 g/mol. The number of aliphatic hydroxyl groups is 12. The zero-order valence-corrected chi connectivity index (χ0v) is 25.3. The Kier molecular flexibility index (Phi) is 13.2. The van der Waals surface area contributed by atoms with E-state index in [1.54, 1.807) is 0 Å². The van der Waals surface area contributed by atoms with E-state index in [2.05, 4.69) is 5.32 Å². The molecule has 1 amide bonds. The topological polar surface area (TPSA) is 336 Å². The number of ether oxygens (including phenoxy) is 7. The third kappa shape index (κ3) is 8.04. The minimum Gasteiger partial charge on any atom is -0.394 e. The lowest BCUT2D eigenvalue weighted by Gasteiger charge is -2.49. The highest BCUT2D eigenvalue weighted by Gasteiger charge is 2.55. The summed E-state index contributed by atoms with van der Waals surface area (Å²) in [6.45, 7) is -0.0515. The molecule has 4 heterocycles. The molecule has 4 saturated heterocycles. The van der Waals surface area contributed by atoms with Crippen LogP contribution in [0.4, 0.5) is 0 Å². The van der Waals surface area contributed by atoms with Gasteiger partial charge in [-0.15, -0.1) is 0 Å². The maximum absolute atomic E-state index is 11.9. The third-order valence-electron chi connectivity index (χ3n) is 8.57. The van der Waals surface area contributed by atoms with E-state index < -0.39 is 148 Å². The molecule has 0 aromatic heterocycles. The standard InChI is InChI=1S/C26H45NO20/c1-6-12(32)16(36)22(47-24-11(27-7(2)31)15(35)13(33)8(3-28)43-24)26(41-6)46-21-14(34)9(4-29)44-25(19(21)39)45-20-10(5-30)42-23(40)18(38)17(20)37/h6,8-26,28-30,32-40H,3-5H2,1-2H3,(H,27,31)/t6-,8+,9+,10+,11+,12+,13+,14+,15+,16+,17+,18+,19-,20+,21-,22-,23+,24+,25-,26-/m0/s1. The summed E-state index contributed by atoms with van der Waals surface area (Å²) in [4.78, 5) is 11.9. The summed E-state index contributed by atoms with van der Waals surface area (Å²) in [7, 11) is 0. The smallest absolute Gasteiger partial charge is 0.217 e. The summed E-state index contributed by atoms with van der Waals surface area (Å²) in [5.74, 6) is -0.684. The van der Waals surface area contributed by atoms with Gasteiger partial charge in [-0.05, 0) is 6.92 Å². The van der Waals surface area contributed by atoms with Gasteiger partial charge in [0.1, 0.15) is 91.5 Å². The molecule has 4 aliphatic rings. The predicted octanol–water partition coefficient (Wildman–Crippen LogP) is -8.58. The van der Waals surface area contributed by atoms with Gasteiger partial charge in [0.25, 0.3) is 0 Å². The van der Waals surface area contributed by atoms with E-state index in [1.165, 1.54) is 6.92 Å². The van der Waals surface area contributed by atoms with Crippen molar-refractivity contribution in [2.24, 2.45) is 0 Å². The molecule has 0 radical (unpaired) electrons. The summed E-state index contributed by atoms with van der Waals surface area (Å²) in [5, 5.41) is 127. The Morgan fingerprint density at radius 1 is 0.553 bits per heavy atom. The first-order chi connectivity index (χ1) is 22.1. The van der Waals surface area contributed by atoms with Gasteiger partial charge in [0.05, 0.1) is 25.9 Å². The molecule has 21 heteroatoms. The summed E-state index contributed by atoms with van der Waals surface area (Å²) >= 11 is 0. The van der Waals surface area contributed by atoms with Crippen LogP contribution in [0.1, 0.15) is 13.8 Å². The van der Waals surface area contributed by atoms with E-state index >= 15 is 0 Å². The Morgan fingerprint density at radius 2 is 1.09 bits per heavy atom. The van der Waals surface area contributed by atoms with Crippen molar-refractivity contribution in [3.8, 4) is 0 Å². The molecule has 0 aliphatic carbocycles. The molecular weight excluding hydrogens is 646 g/mol. The fourth-order valence-corrected chi connectivity index (χ4v) is 5.87.